The van der Waals surface area contributed by atoms with E-state index < -0.39 is 12.2 Å². The van der Waals surface area contributed by atoms with Crippen LogP contribution in [0.1, 0.15) is 62.5 Å². The molecule has 2 heterocycles. The van der Waals surface area contributed by atoms with E-state index in [9.17, 15) is 19.8 Å². The fourth-order valence-corrected chi connectivity index (χ4v) is 4.94. The number of nitrogens with zero attached hydrogens (tertiary/aromatic N) is 2. The Labute approximate surface area is 271 Å². The van der Waals surface area contributed by atoms with Crippen LogP contribution in [0.3, 0.4) is 0 Å². The maximum Gasteiger partial charge on any atom is 0.319 e. The molecule has 0 saturated carbocycles. The number of benzene rings is 2. The van der Waals surface area contributed by atoms with E-state index in [2.05, 4.69) is 41.9 Å². The van der Waals surface area contributed by atoms with Gasteiger partial charge in [-0.2, -0.15) is 0 Å². The Morgan fingerprint density at radius 3 is 1.31 bits per heavy atom. The van der Waals surface area contributed by atoms with Crippen LogP contribution < -0.4 is 31.9 Å². The van der Waals surface area contributed by atoms with Gasteiger partial charge in [0.05, 0.1) is 25.3 Å². The number of nitrogens with one attached hydrogen (secondary N) is 6. The van der Waals surface area contributed by atoms with Crippen molar-refractivity contribution < 1.29 is 19.8 Å². The minimum atomic E-state index is -0.444. The van der Waals surface area contributed by atoms with Crippen molar-refractivity contribution in [3.05, 3.63) is 59.7 Å². The second kappa shape index (κ2) is 19.5. The number of anilines is 2. The highest BCUT2D eigenvalue weighted by Crippen LogP contribution is 2.13. The molecule has 0 aromatic heterocycles. The van der Waals surface area contributed by atoms with Crippen LogP contribution in [-0.4, -0.2) is 85.4 Å². The summed E-state index contributed by atoms with van der Waals surface area (Å²) < 4.78 is 0. The Balaban J connectivity index is 0.00000552. The van der Waals surface area contributed by atoms with E-state index in [-0.39, 0.29) is 24.5 Å². The molecular formula is C32H47ClN8O4. The molecule has 4 rings (SSSR count). The lowest BCUT2D eigenvalue weighted by molar-refractivity contribution is 0.181. The Kier molecular flexibility index (Phi) is 15.4. The smallest absolute Gasteiger partial charge is 0.319 e. The Bertz CT molecular complexity index is 1160. The van der Waals surface area contributed by atoms with Crippen molar-refractivity contribution in [1.29, 1.82) is 0 Å². The number of hydrogen-bond acceptors (Lipinski definition) is 8. The normalized spacial score (nSPS) is 17.4. The predicted molar refractivity (Wildman–Crippen MR) is 182 cm³/mol. The summed E-state index contributed by atoms with van der Waals surface area (Å²) in [6.07, 6.45) is 7.79. The van der Waals surface area contributed by atoms with Crippen LogP contribution in [0.4, 0.5) is 21.0 Å². The van der Waals surface area contributed by atoms with Gasteiger partial charge in [-0.3, -0.25) is 9.98 Å². The van der Waals surface area contributed by atoms with Crippen LogP contribution in [0.15, 0.2) is 58.5 Å². The van der Waals surface area contributed by atoms with Gasteiger partial charge in [0, 0.05) is 48.7 Å². The van der Waals surface area contributed by atoms with Crippen LogP contribution in [0.25, 0.3) is 0 Å². The molecule has 2 aliphatic rings. The molecule has 0 aliphatic carbocycles. The fraction of sp³-hybridized carbons (Fsp3) is 0.500. The van der Waals surface area contributed by atoms with Crippen LogP contribution in [-0.2, 0) is 0 Å². The van der Waals surface area contributed by atoms with Crippen LogP contribution in [0.5, 0.6) is 0 Å². The topological polar surface area (TPSA) is 172 Å². The second-order valence-corrected chi connectivity index (χ2v) is 11.2. The summed E-state index contributed by atoms with van der Waals surface area (Å²) in [5.41, 5.74) is 3.28. The molecule has 45 heavy (non-hydrogen) atoms. The second-order valence-electron chi connectivity index (χ2n) is 11.2. The zero-order valence-electron chi connectivity index (χ0n) is 25.7. The number of β-amino-alcohol motifs (C(OH)–C–C–N with tert-alkyl or cyclic N) is 2. The lowest BCUT2D eigenvalue weighted by atomic mass is 10.1. The Hall–Kier alpha value is -3.87. The number of halogens is 1. The molecule has 8 N–H and O–H groups in total. The molecule has 13 heteroatoms. The molecule has 0 spiro atoms. The van der Waals surface area contributed by atoms with Gasteiger partial charge in [-0.05, 0) is 61.4 Å². The number of amides is 4. The number of amidine groups is 2. The minimum absolute atomic E-state index is 0. The fourth-order valence-electron chi connectivity index (χ4n) is 4.94. The summed E-state index contributed by atoms with van der Waals surface area (Å²) in [5.74, 6) is 1.52. The number of urea groups is 2. The lowest BCUT2D eigenvalue weighted by Gasteiger charge is -2.19. The number of carbonyl (C=O) groups excluding carboxylic acids is 2. The van der Waals surface area contributed by atoms with Gasteiger partial charge < -0.3 is 42.1 Å². The Morgan fingerprint density at radius 1 is 0.622 bits per heavy atom. The molecule has 0 bridgehead atoms. The summed E-state index contributed by atoms with van der Waals surface area (Å²) in [5, 5.41) is 36.8. The van der Waals surface area contributed by atoms with Crippen molar-refractivity contribution in [3.63, 3.8) is 0 Å². The van der Waals surface area contributed by atoms with Crippen molar-refractivity contribution in [2.24, 2.45) is 9.98 Å². The molecule has 0 saturated heterocycles. The highest BCUT2D eigenvalue weighted by molar-refractivity contribution is 6.00. The van der Waals surface area contributed by atoms with E-state index >= 15 is 0 Å². The molecule has 0 fully saturated rings. The average Bonchev–Trinajstić information content (AvgIpc) is 3.03. The summed E-state index contributed by atoms with van der Waals surface area (Å²) in [4.78, 5) is 33.0. The molecule has 2 aliphatic heterocycles. The molecular weight excluding hydrogens is 596 g/mol. The average molecular weight is 643 g/mol. The summed E-state index contributed by atoms with van der Waals surface area (Å²) in [7, 11) is 0. The lowest BCUT2D eigenvalue weighted by Crippen LogP contribution is -2.39. The minimum Gasteiger partial charge on any atom is -0.389 e. The maximum atomic E-state index is 12.2. The third-order valence-electron chi connectivity index (χ3n) is 7.44. The zero-order valence-corrected chi connectivity index (χ0v) is 26.5. The first kappa shape index (κ1) is 35.6. The van der Waals surface area contributed by atoms with Gasteiger partial charge in [0.2, 0.25) is 0 Å². The Morgan fingerprint density at radius 2 is 0.978 bits per heavy atom. The first-order valence-electron chi connectivity index (χ1n) is 15.7. The third kappa shape index (κ3) is 12.9. The van der Waals surface area contributed by atoms with E-state index in [1.54, 1.807) is 0 Å². The molecule has 2 unspecified atom stereocenters. The van der Waals surface area contributed by atoms with E-state index in [1.807, 2.05) is 48.5 Å². The van der Waals surface area contributed by atoms with E-state index in [1.165, 1.54) is 12.8 Å². The number of aliphatic imine (C=N–C) groups is 2. The van der Waals surface area contributed by atoms with Crippen molar-refractivity contribution in [1.82, 2.24) is 21.3 Å². The molecule has 0 radical (unpaired) electrons. The van der Waals surface area contributed by atoms with Crippen LogP contribution in [0.2, 0.25) is 0 Å². The molecule has 2 aromatic carbocycles. The zero-order chi connectivity index (χ0) is 31.0. The van der Waals surface area contributed by atoms with Gasteiger partial charge in [0.1, 0.15) is 11.7 Å². The summed E-state index contributed by atoms with van der Waals surface area (Å²) >= 11 is 0. The highest BCUT2D eigenvalue weighted by Gasteiger charge is 2.14. The van der Waals surface area contributed by atoms with Crippen molar-refractivity contribution >= 4 is 47.5 Å². The summed E-state index contributed by atoms with van der Waals surface area (Å²) in [6.45, 7) is 3.05. The SMILES string of the molecule is Cl.O=C(NCCCCCCCCCCNC(=O)Nc1ccc(C2=NCC(O)CN2)cc1)Nc1ccc(C2=NCC(O)CN2)cc1. The van der Waals surface area contributed by atoms with Gasteiger partial charge in [-0.25, -0.2) is 9.59 Å². The van der Waals surface area contributed by atoms with Crippen molar-refractivity contribution in [3.8, 4) is 0 Å². The number of rotatable bonds is 15. The molecule has 4 amide bonds. The molecule has 2 atom stereocenters. The highest BCUT2D eigenvalue weighted by atomic mass is 35.5. The number of carbonyl (C=O) groups is 2. The largest absolute Gasteiger partial charge is 0.389 e. The molecule has 12 nitrogen and oxygen atoms in total. The standard InChI is InChI=1S/C32H46N8O4.ClH/c41-27-19-35-29(36-20-27)23-9-13-25(14-10-23)39-31(43)33-17-7-5-3-1-2-4-6-8-18-34-32(44)40-26-15-11-24(12-16-26)30-37-21-28(42)22-38-30;/h9-16,27-28,41-42H,1-8,17-22H2,(H,35,36)(H,37,38)(H2,33,39,43)(H2,34,40,44);1H. The third-order valence-corrected chi connectivity index (χ3v) is 7.44. The van der Waals surface area contributed by atoms with Gasteiger partial charge in [0.15, 0.2) is 0 Å². The van der Waals surface area contributed by atoms with E-state index in [0.29, 0.717) is 39.3 Å². The van der Waals surface area contributed by atoms with Gasteiger partial charge in [-0.15, -0.1) is 12.4 Å². The maximum absolute atomic E-state index is 12.2. The van der Waals surface area contributed by atoms with Crippen molar-refractivity contribution in [2.75, 3.05) is 49.9 Å². The number of hydrogen-bond donors (Lipinski definition) is 8. The van der Waals surface area contributed by atoms with Gasteiger partial charge >= 0.3 is 12.1 Å². The first-order valence-corrected chi connectivity index (χ1v) is 15.7. The molecule has 246 valence electrons. The summed E-state index contributed by atoms with van der Waals surface area (Å²) in [6, 6.07) is 14.5. The number of aliphatic hydroxyl groups excluding tert-OH is 2. The van der Waals surface area contributed by atoms with Gasteiger partial charge in [-0.1, -0.05) is 38.5 Å². The number of aliphatic hydroxyl groups is 2. The quantitative estimate of drug-likeness (QED) is 0.138. The first-order chi connectivity index (χ1) is 21.5. The predicted octanol–water partition coefficient (Wildman–Crippen LogP) is 3.59. The molecule has 2 aromatic rings. The van der Waals surface area contributed by atoms with Gasteiger partial charge in [0.25, 0.3) is 0 Å². The van der Waals surface area contributed by atoms with Crippen LogP contribution >= 0.6 is 12.4 Å². The monoisotopic (exact) mass is 642 g/mol. The van der Waals surface area contributed by atoms with Crippen LogP contribution in [0, 0.1) is 0 Å². The van der Waals surface area contributed by atoms with E-state index in [0.717, 1.165) is 72.7 Å². The van der Waals surface area contributed by atoms with E-state index in [4.69, 9.17) is 0 Å². The van der Waals surface area contributed by atoms with Crippen molar-refractivity contribution in [2.45, 2.75) is 63.6 Å². The number of unbranched alkanes of at least 4 members (excludes halogenated alkanes) is 7.